The van der Waals surface area contributed by atoms with Crippen LogP contribution in [-0.4, -0.2) is 71.7 Å². The molecule has 0 radical (unpaired) electrons. The number of benzene rings is 2. The molecule has 1 aliphatic rings. The van der Waals surface area contributed by atoms with Crippen LogP contribution in [0.5, 0.6) is 11.5 Å². The van der Waals surface area contributed by atoms with E-state index in [2.05, 4.69) is 5.32 Å². The quantitative estimate of drug-likeness (QED) is 0.195. The average Bonchev–Trinajstić information content (AvgIpc) is 2.92. The molecule has 2 aromatic rings. The minimum atomic E-state index is -1.20. The standard InChI is InChI=1S/C29H33IN2O7/c1-18(2)11-26(35)32(16-19-7-5-4-6-8-19)23-14-21(29(37)31-9-10-33)15-24(27(23)36)39-28-22(30)12-20(17-34)13-25(28)38-3/h4-8,11-13,15,17,23-24,27,33,36H,9-10,14,16H2,1-3H3,(H,31,37). The van der Waals surface area contributed by atoms with Crippen molar-refractivity contribution in [2.45, 2.75) is 45.1 Å². The van der Waals surface area contributed by atoms with Crippen LogP contribution in [0.25, 0.3) is 0 Å². The highest BCUT2D eigenvalue weighted by Crippen LogP contribution is 2.37. The highest BCUT2D eigenvalue weighted by atomic mass is 127. The summed E-state index contributed by atoms with van der Waals surface area (Å²) in [6, 6.07) is 11.7. The number of methoxy groups -OCH3 is 1. The van der Waals surface area contributed by atoms with Crippen LogP contribution < -0.4 is 14.8 Å². The summed E-state index contributed by atoms with van der Waals surface area (Å²) in [5, 5.41) is 23.4. The van der Waals surface area contributed by atoms with Gasteiger partial charge in [-0.05, 0) is 60.2 Å². The first-order chi connectivity index (χ1) is 18.7. The summed E-state index contributed by atoms with van der Waals surface area (Å²) in [6.45, 7) is 3.65. The Hall–Kier alpha value is -3.22. The molecule has 0 bridgehead atoms. The van der Waals surface area contributed by atoms with Crippen molar-refractivity contribution in [2.75, 3.05) is 20.3 Å². The Bertz CT molecular complexity index is 1240. The Labute approximate surface area is 241 Å². The molecular weight excluding hydrogens is 615 g/mol. The van der Waals surface area contributed by atoms with Gasteiger partial charge in [-0.1, -0.05) is 35.9 Å². The molecule has 0 spiro atoms. The molecule has 39 heavy (non-hydrogen) atoms. The minimum absolute atomic E-state index is 0.0538. The molecular formula is C29H33IN2O7. The molecule has 1 aliphatic carbocycles. The minimum Gasteiger partial charge on any atom is -0.493 e. The summed E-state index contributed by atoms with van der Waals surface area (Å²) in [7, 11) is 1.44. The number of carbonyl (C=O) groups is 3. The fourth-order valence-electron chi connectivity index (χ4n) is 4.31. The van der Waals surface area contributed by atoms with Crippen molar-refractivity contribution in [3.05, 3.63) is 80.5 Å². The van der Waals surface area contributed by atoms with Gasteiger partial charge in [0.15, 0.2) is 11.5 Å². The number of allylic oxidation sites excluding steroid dienone is 1. The second kappa shape index (κ2) is 14.2. The van der Waals surface area contributed by atoms with Crippen LogP contribution in [0.1, 0.15) is 36.2 Å². The summed E-state index contributed by atoms with van der Waals surface area (Å²) >= 11 is 2.01. The van der Waals surface area contributed by atoms with E-state index in [0.717, 1.165) is 11.1 Å². The molecule has 0 saturated heterocycles. The number of carbonyl (C=O) groups excluding carboxylic acids is 3. The predicted octanol–water partition coefficient (Wildman–Crippen LogP) is 3.02. The number of halogens is 1. The average molecular weight is 648 g/mol. The summed E-state index contributed by atoms with van der Waals surface area (Å²) < 4.78 is 12.3. The van der Waals surface area contributed by atoms with Gasteiger partial charge in [-0.25, -0.2) is 0 Å². The van der Waals surface area contributed by atoms with Crippen LogP contribution in [0.4, 0.5) is 0 Å². The van der Waals surface area contributed by atoms with Gasteiger partial charge in [0.05, 0.1) is 23.3 Å². The molecule has 3 unspecified atom stereocenters. The van der Waals surface area contributed by atoms with Gasteiger partial charge < -0.3 is 29.9 Å². The van der Waals surface area contributed by atoms with Gasteiger partial charge in [0.2, 0.25) is 11.8 Å². The number of ether oxygens (including phenoxy) is 2. The van der Waals surface area contributed by atoms with E-state index < -0.39 is 24.2 Å². The second-order valence-corrected chi connectivity index (χ2v) is 10.5. The van der Waals surface area contributed by atoms with E-state index in [1.807, 2.05) is 66.8 Å². The molecule has 208 valence electrons. The maximum atomic E-state index is 13.4. The molecule has 3 atom stereocenters. The molecule has 0 fully saturated rings. The molecule has 0 aliphatic heterocycles. The van der Waals surface area contributed by atoms with Crippen molar-refractivity contribution in [1.82, 2.24) is 10.2 Å². The van der Waals surface area contributed by atoms with Crippen LogP contribution in [0.3, 0.4) is 0 Å². The van der Waals surface area contributed by atoms with E-state index in [1.165, 1.54) is 25.3 Å². The van der Waals surface area contributed by atoms with Gasteiger partial charge in [-0.15, -0.1) is 0 Å². The van der Waals surface area contributed by atoms with Crippen molar-refractivity contribution < 1.29 is 34.1 Å². The molecule has 2 aromatic carbocycles. The molecule has 2 amide bonds. The summed E-state index contributed by atoms with van der Waals surface area (Å²) in [5.41, 5.74) is 2.36. The summed E-state index contributed by atoms with van der Waals surface area (Å²) in [6.07, 6.45) is 1.57. The van der Waals surface area contributed by atoms with E-state index in [4.69, 9.17) is 9.47 Å². The van der Waals surface area contributed by atoms with Crippen LogP contribution in [0, 0.1) is 3.57 Å². The number of amides is 2. The normalized spacial score (nSPS) is 18.4. The van der Waals surface area contributed by atoms with Gasteiger partial charge in [0.25, 0.3) is 0 Å². The van der Waals surface area contributed by atoms with E-state index in [1.54, 1.807) is 11.0 Å². The predicted molar refractivity (Wildman–Crippen MR) is 155 cm³/mol. The number of hydrogen-bond acceptors (Lipinski definition) is 7. The zero-order valence-electron chi connectivity index (χ0n) is 22.1. The third-order valence-electron chi connectivity index (χ3n) is 6.15. The number of aldehydes is 1. The van der Waals surface area contributed by atoms with Gasteiger partial charge in [-0.2, -0.15) is 0 Å². The Balaban J connectivity index is 2.06. The zero-order chi connectivity index (χ0) is 28.5. The van der Waals surface area contributed by atoms with Crippen LogP contribution in [0.2, 0.25) is 0 Å². The molecule has 0 aromatic heterocycles. The number of nitrogens with zero attached hydrogens (tertiary/aromatic N) is 1. The largest absolute Gasteiger partial charge is 0.493 e. The van der Waals surface area contributed by atoms with E-state index in [0.29, 0.717) is 32.5 Å². The van der Waals surface area contributed by atoms with Gasteiger partial charge >= 0.3 is 0 Å². The van der Waals surface area contributed by atoms with E-state index >= 15 is 0 Å². The number of rotatable bonds is 11. The molecule has 10 heteroatoms. The lowest BCUT2D eigenvalue weighted by molar-refractivity contribution is -0.134. The van der Waals surface area contributed by atoms with Crippen LogP contribution in [-0.2, 0) is 16.1 Å². The Morgan fingerprint density at radius 3 is 2.54 bits per heavy atom. The first-order valence-corrected chi connectivity index (χ1v) is 13.5. The van der Waals surface area contributed by atoms with Gasteiger partial charge in [0, 0.05) is 36.7 Å². The molecule has 3 rings (SSSR count). The topological polar surface area (TPSA) is 125 Å². The first-order valence-electron chi connectivity index (χ1n) is 12.4. The maximum absolute atomic E-state index is 13.4. The van der Waals surface area contributed by atoms with Gasteiger partial charge in [-0.3, -0.25) is 14.4 Å². The lowest BCUT2D eigenvalue weighted by atomic mass is 9.87. The van der Waals surface area contributed by atoms with Crippen molar-refractivity contribution in [3.8, 4) is 11.5 Å². The third-order valence-corrected chi connectivity index (χ3v) is 6.95. The first kappa shape index (κ1) is 30.3. The highest BCUT2D eigenvalue weighted by molar-refractivity contribution is 14.1. The van der Waals surface area contributed by atoms with Crippen molar-refractivity contribution in [2.24, 2.45) is 0 Å². The molecule has 3 N–H and O–H groups in total. The summed E-state index contributed by atoms with van der Waals surface area (Å²) in [5.74, 6) is -0.146. The van der Waals surface area contributed by atoms with Gasteiger partial charge in [0.1, 0.15) is 18.5 Å². The van der Waals surface area contributed by atoms with E-state index in [-0.39, 0.29) is 32.0 Å². The zero-order valence-corrected chi connectivity index (χ0v) is 24.3. The lowest BCUT2D eigenvalue weighted by Gasteiger charge is -2.40. The Morgan fingerprint density at radius 2 is 1.92 bits per heavy atom. The SMILES string of the molecule is COc1cc(C=O)cc(I)c1OC1C=C(C(=O)NCCO)CC(N(Cc2ccccc2)C(=O)C=C(C)C)C1O. The fraction of sp³-hybridized carbons (Fsp3) is 0.345. The number of aliphatic hydroxyl groups is 2. The Morgan fingerprint density at radius 1 is 1.21 bits per heavy atom. The second-order valence-electron chi connectivity index (χ2n) is 9.34. The summed E-state index contributed by atoms with van der Waals surface area (Å²) in [4.78, 5) is 39.3. The van der Waals surface area contributed by atoms with Crippen LogP contribution >= 0.6 is 22.6 Å². The highest BCUT2D eigenvalue weighted by Gasteiger charge is 2.40. The number of nitrogens with one attached hydrogen (secondary N) is 1. The smallest absolute Gasteiger partial charge is 0.247 e. The van der Waals surface area contributed by atoms with E-state index in [9.17, 15) is 24.6 Å². The fourth-order valence-corrected chi connectivity index (χ4v) is 5.06. The lowest BCUT2D eigenvalue weighted by Crippen LogP contribution is -2.54. The van der Waals surface area contributed by atoms with Crippen molar-refractivity contribution in [3.63, 3.8) is 0 Å². The number of hydrogen-bond donors (Lipinski definition) is 3. The number of aliphatic hydroxyl groups excluding tert-OH is 2. The third kappa shape index (κ3) is 7.90. The van der Waals surface area contributed by atoms with Crippen molar-refractivity contribution >= 4 is 40.7 Å². The maximum Gasteiger partial charge on any atom is 0.247 e. The molecule has 0 saturated carbocycles. The Kier molecular flexibility index (Phi) is 11.1. The van der Waals surface area contributed by atoms with Crippen LogP contribution in [0.15, 0.2) is 65.8 Å². The monoisotopic (exact) mass is 648 g/mol. The molecule has 0 heterocycles. The molecule has 9 nitrogen and oxygen atoms in total. The van der Waals surface area contributed by atoms with Crippen molar-refractivity contribution in [1.29, 1.82) is 0 Å².